The van der Waals surface area contributed by atoms with E-state index in [1.807, 2.05) is 48.2 Å². The summed E-state index contributed by atoms with van der Waals surface area (Å²) >= 11 is 0. The molecule has 25 heavy (non-hydrogen) atoms. The predicted octanol–water partition coefficient (Wildman–Crippen LogP) is 3.38. The van der Waals surface area contributed by atoms with Crippen LogP contribution in [-0.2, 0) is 30.7 Å². The van der Waals surface area contributed by atoms with Crippen LogP contribution in [0.4, 0.5) is 0 Å². The Morgan fingerprint density at radius 2 is 1.92 bits per heavy atom. The lowest BCUT2D eigenvalue weighted by molar-refractivity contribution is -0.131. The fourth-order valence-electron chi connectivity index (χ4n) is 3.11. The zero-order chi connectivity index (χ0) is 17.2. The number of benzene rings is 2. The lowest BCUT2D eigenvalue weighted by Crippen LogP contribution is -2.26. The molecule has 0 spiro atoms. The summed E-state index contributed by atoms with van der Waals surface area (Å²) in [5, 5.41) is 4.03. The van der Waals surface area contributed by atoms with Crippen LogP contribution < -0.4 is 0 Å². The van der Waals surface area contributed by atoms with Crippen molar-refractivity contribution >= 4 is 5.91 Å². The molecule has 0 aliphatic carbocycles. The average Bonchev–Trinajstić information content (AvgIpc) is 3.28. The number of carbonyl (C=O) groups excluding carboxylic acids is 1. The Labute approximate surface area is 146 Å². The van der Waals surface area contributed by atoms with Crippen LogP contribution in [0.2, 0.25) is 0 Å². The first kappa shape index (κ1) is 15.6. The quantitative estimate of drug-likeness (QED) is 0.734. The van der Waals surface area contributed by atoms with Gasteiger partial charge in [0.05, 0.1) is 6.42 Å². The van der Waals surface area contributed by atoms with E-state index in [1.54, 1.807) is 0 Å². The Kier molecular flexibility index (Phi) is 4.06. The first-order chi connectivity index (χ1) is 12.2. The average molecular weight is 333 g/mol. The lowest BCUT2D eigenvalue weighted by Gasteiger charge is -2.15. The first-order valence-electron chi connectivity index (χ1n) is 8.49. The SMILES string of the molecule is CCc1nc(-c2ccc3c(c2)CN(C(=O)Cc2ccccc2)C3)no1. The van der Waals surface area contributed by atoms with Gasteiger partial charge in [-0.2, -0.15) is 4.98 Å². The Balaban J connectivity index is 1.49. The van der Waals surface area contributed by atoms with Gasteiger partial charge in [0, 0.05) is 25.1 Å². The van der Waals surface area contributed by atoms with E-state index in [2.05, 4.69) is 22.3 Å². The van der Waals surface area contributed by atoms with Crippen molar-refractivity contribution in [2.45, 2.75) is 32.9 Å². The van der Waals surface area contributed by atoms with E-state index in [9.17, 15) is 4.79 Å². The van der Waals surface area contributed by atoms with Gasteiger partial charge in [-0.05, 0) is 22.8 Å². The predicted molar refractivity (Wildman–Crippen MR) is 93.5 cm³/mol. The van der Waals surface area contributed by atoms with Crippen LogP contribution in [0.3, 0.4) is 0 Å². The zero-order valence-electron chi connectivity index (χ0n) is 14.1. The standard InChI is InChI=1S/C20H19N3O2/c1-2-18-21-20(22-25-18)15-8-9-16-12-23(13-17(16)11-15)19(24)10-14-6-4-3-5-7-14/h3-9,11H,2,10,12-13H2,1H3. The minimum absolute atomic E-state index is 0.150. The van der Waals surface area contributed by atoms with Crippen LogP contribution in [-0.4, -0.2) is 20.9 Å². The topological polar surface area (TPSA) is 59.2 Å². The van der Waals surface area contributed by atoms with Gasteiger partial charge in [0.25, 0.3) is 0 Å². The molecular formula is C20H19N3O2. The molecule has 126 valence electrons. The molecule has 3 aromatic rings. The van der Waals surface area contributed by atoms with Gasteiger partial charge >= 0.3 is 0 Å². The molecule has 4 rings (SSSR count). The van der Waals surface area contributed by atoms with Crippen molar-refractivity contribution in [2.24, 2.45) is 0 Å². The molecule has 0 bridgehead atoms. The third-order valence-corrected chi connectivity index (χ3v) is 4.51. The van der Waals surface area contributed by atoms with Gasteiger partial charge < -0.3 is 9.42 Å². The number of nitrogens with zero attached hydrogens (tertiary/aromatic N) is 3. The maximum absolute atomic E-state index is 12.6. The Morgan fingerprint density at radius 1 is 1.12 bits per heavy atom. The lowest BCUT2D eigenvalue weighted by atomic mass is 10.1. The molecule has 2 aromatic carbocycles. The largest absolute Gasteiger partial charge is 0.339 e. The Morgan fingerprint density at radius 3 is 2.68 bits per heavy atom. The number of hydrogen-bond donors (Lipinski definition) is 0. The second kappa shape index (κ2) is 6.51. The summed E-state index contributed by atoms with van der Waals surface area (Å²) in [6.45, 7) is 3.28. The number of rotatable bonds is 4. The van der Waals surface area contributed by atoms with Gasteiger partial charge in [0.15, 0.2) is 0 Å². The van der Waals surface area contributed by atoms with E-state index >= 15 is 0 Å². The molecule has 0 saturated heterocycles. The molecule has 1 amide bonds. The molecule has 0 saturated carbocycles. The third kappa shape index (κ3) is 3.18. The fraction of sp³-hybridized carbons (Fsp3) is 0.250. The molecule has 5 heteroatoms. The summed E-state index contributed by atoms with van der Waals surface area (Å²) < 4.78 is 5.19. The van der Waals surface area contributed by atoms with Crippen molar-refractivity contribution in [1.29, 1.82) is 0 Å². The van der Waals surface area contributed by atoms with Crippen molar-refractivity contribution in [3.8, 4) is 11.4 Å². The van der Waals surface area contributed by atoms with Crippen molar-refractivity contribution in [3.63, 3.8) is 0 Å². The first-order valence-corrected chi connectivity index (χ1v) is 8.49. The zero-order valence-corrected chi connectivity index (χ0v) is 14.1. The van der Waals surface area contributed by atoms with E-state index in [0.29, 0.717) is 31.2 Å². The van der Waals surface area contributed by atoms with Crippen molar-refractivity contribution in [2.75, 3.05) is 0 Å². The van der Waals surface area contributed by atoms with E-state index in [4.69, 9.17) is 4.52 Å². The van der Waals surface area contributed by atoms with Crippen LogP contribution in [0.5, 0.6) is 0 Å². The van der Waals surface area contributed by atoms with E-state index in [1.165, 1.54) is 5.56 Å². The van der Waals surface area contributed by atoms with Crippen molar-refractivity contribution in [3.05, 3.63) is 71.1 Å². The molecular weight excluding hydrogens is 314 g/mol. The van der Waals surface area contributed by atoms with Gasteiger partial charge in [0.1, 0.15) is 0 Å². The highest BCUT2D eigenvalue weighted by molar-refractivity contribution is 5.79. The smallest absolute Gasteiger partial charge is 0.227 e. The molecule has 1 aliphatic heterocycles. The maximum atomic E-state index is 12.6. The summed E-state index contributed by atoms with van der Waals surface area (Å²) in [5.74, 6) is 1.39. The van der Waals surface area contributed by atoms with Crippen LogP contribution in [0, 0.1) is 0 Å². The highest BCUT2D eigenvalue weighted by Gasteiger charge is 2.24. The van der Waals surface area contributed by atoms with Crippen LogP contribution >= 0.6 is 0 Å². The molecule has 0 N–H and O–H groups in total. The van der Waals surface area contributed by atoms with Gasteiger partial charge in [0.2, 0.25) is 17.6 Å². The highest BCUT2D eigenvalue weighted by Crippen LogP contribution is 2.28. The van der Waals surface area contributed by atoms with Gasteiger partial charge in [-0.1, -0.05) is 54.5 Å². The van der Waals surface area contributed by atoms with Crippen molar-refractivity contribution in [1.82, 2.24) is 15.0 Å². The number of amides is 1. The third-order valence-electron chi connectivity index (χ3n) is 4.51. The van der Waals surface area contributed by atoms with Crippen LogP contribution in [0.1, 0.15) is 29.5 Å². The number of fused-ring (bicyclic) bond motifs is 1. The fourth-order valence-corrected chi connectivity index (χ4v) is 3.11. The second-order valence-electron chi connectivity index (χ2n) is 6.26. The van der Waals surface area contributed by atoms with Gasteiger partial charge in [-0.15, -0.1) is 0 Å². The maximum Gasteiger partial charge on any atom is 0.227 e. The van der Waals surface area contributed by atoms with Gasteiger partial charge in [-0.25, -0.2) is 0 Å². The monoisotopic (exact) mass is 333 g/mol. The molecule has 0 fully saturated rings. The summed E-state index contributed by atoms with van der Waals surface area (Å²) in [6, 6.07) is 16.0. The Hall–Kier alpha value is -2.95. The van der Waals surface area contributed by atoms with Crippen LogP contribution in [0.25, 0.3) is 11.4 Å². The molecule has 2 heterocycles. The van der Waals surface area contributed by atoms with E-state index in [0.717, 1.165) is 23.1 Å². The molecule has 0 atom stereocenters. The normalized spacial score (nSPS) is 13.1. The molecule has 1 aromatic heterocycles. The van der Waals surface area contributed by atoms with E-state index in [-0.39, 0.29) is 5.91 Å². The van der Waals surface area contributed by atoms with Gasteiger partial charge in [-0.3, -0.25) is 4.79 Å². The molecule has 0 unspecified atom stereocenters. The minimum Gasteiger partial charge on any atom is -0.339 e. The molecule has 1 aliphatic rings. The minimum atomic E-state index is 0.150. The number of aryl methyl sites for hydroxylation is 1. The second-order valence-corrected chi connectivity index (χ2v) is 6.26. The van der Waals surface area contributed by atoms with Crippen LogP contribution in [0.15, 0.2) is 53.1 Å². The number of hydrogen-bond acceptors (Lipinski definition) is 4. The number of aromatic nitrogens is 2. The Bertz CT molecular complexity index is 902. The summed E-state index contributed by atoms with van der Waals surface area (Å²) in [5.41, 5.74) is 4.31. The summed E-state index contributed by atoms with van der Waals surface area (Å²) in [7, 11) is 0. The highest BCUT2D eigenvalue weighted by atomic mass is 16.5. The molecule has 5 nitrogen and oxygen atoms in total. The molecule has 0 radical (unpaired) electrons. The summed E-state index contributed by atoms with van der Waals surface area (Å²) in [6.07, 6.45) is 1.16. The van der Waals surface area contributed by atoms with E-state index < -0.39 is 0 Å². The summed E-state index contributed by atoms with van der Waals surface area (Å²) in [4.78, 5) is 18.8. The number of carbonyl (C=O) groups is 1. The van der Waals surface area contributed by atoms with Crippen molar-refractivity contribution < 1.29 is 9.32 Å².